The highest BCUT2D eigenvalue weighted by atomic mass is 35.5. The van der Waals surface area contributed by atoms with Crippen molar-refractivity contribution in [3.8, 4) is 5.75 Å². The zero-order valence-electron chi connectivity index (χ0n) is 15.3. The van der Waals surface area contributed by atoms with Gasteiger partial charge in [0, 0.05) is 29.1 Å². The number of hydrogen-bond donors (Lipinski definition) is 2. The van der Waals surface area contributed by atoms with Crippen LogP contribution in [0.25, 0.3) is 0 Å². The van der Waals surface area contributed by atoms with Crippen LogP contribution in [0.1, 0.15) is 41.7 Å². The van der Waals surface area contributed by atoms with E-state index in [-0.39, 0.29) is 30.5 Å². The lowest BCUT2D eigenvalue weighted by molar-refractivity contribution is -0.121. The van der Waals surface area contributed by atoms with Crippen LogP contribution >= 0.6 is 11.6 Å². The molecule has 2 N–H and O–H groups in total. The standard InChI is InChI=1S/C20H21ClF2N2O3/c1-2-16(15-5-3-4-6-17(15)28-20(22)23)25-18(26)11-12-24-19(27)13-7-9-14(21)10-8-13/h3-10,16,20H,2,11-12H2,1H3,(H,24,27)(H,25,26). The summed E-state index contributed by atoms with van der Waals surface area (Å²) in [4.78, 5) is 24.2. The highest BCUT2D eigenvalue weighted by Crippen LogP contribution is 2.28. The average Bonchev–Trinajstić information content (AvgIpc) is 2.66. The summed E-state index contributed by atoms with van der Waals surface area (Å²) in [5.41, 5.74) is 0.915. The fraction of sp³-hybridized carbons (Fsp3) is 0.300. The highest BCUT2D eigenvalue weighted by molar-refractivity contribution is 6.30. The molecule has 0 aliphatic heterocycles. The van der Waals surface area contributed by atoms with E-state index in [1.54, 1.807) is 42.5 Å². The SMILES string of the molecule is CCC(NC(=O)CCNC(=O)c1ccc(Cl)cc1)c1ccccc1OC(F)F. The van der Waals surface area contributed by atoms with Gasteiger partial charge in [-0.15, -0.1) is 0 Å². The minimum absolute atomic E-state index is 0.0284. The molecule has 0 radical (unpaired) electrons. The Morgan fingerprint density at radius 2 is 1.79 bits per heavy atom. The summed E-state index contributed by atoms with van der Waals surface area (Å²) < 4.78 is 29.7. The van der Waals surface area contributed by atoms with Gasteiger partial charge in [0.15, 0.2) is 0 Å². The maximum atomic E-state index is 12.6. The Bertz CT molecular complexity index is 800. The minimum Gasteiger partial charge on any atom is -0.434 e. The Balaban J connectivity index is 1.89. The van der Waals surface area contributed by atoms with Crippen LogP contribution < -0.4 is 15.4 Å². The van der Waals surface area contributed by atoms with E-state index in [1.807, 2.05) is 6.92 Å². The Hall–Kier alpha value is -2.67. The van der Waals surface area contributed by atoms with E-state index in [9.17, 15) is 18.4 Å². The summed E-state index contributed by atoms with van der Waals surface area (Å²) >= 11 is 5.78. The molecule has 0 saturated heterocycles. The van der Waals surface area contributed by atoms with Gasteiger partial charge in [0.25, 0.3) is 5.91 Å². The third-order valence-electron chi connectivity index (χ3n) is 4.00. The fourth-order valence-electron chi connectivity index (χ4n) is 2.63. The second-order valence-corrected chi connectivity index (χ2v) is 6.39. The van der Waals surface area contributed by atoms with Crippen LogP contribution in [0, 0.1) is 0 Å². The summed E-state index contributed by atoms with van der Waals surface area (Å²) in [6.45, 7) is -0.983. The monoisotopic (exact) mass is 410 g/mol. The summed E-state index contributed by atoms with van der Waals surface area (Å²) in [5.74, 6) is -0.594. The summed E-state index contributed by atoms with van der Waals surface area (Å²) in [7, 11) is 0. The first kappa shape index (κ1) is 21.6. The van der Waals surface area contributed by atoms with Crippen LogP contribution in [0.3, 0.4) is 0 Å². The molecule has 2 amide bonds. The maximum absolute atomic E-state index is 12.6. The van der Waals surface area contributed by atoms with E-state index in [0.29, 0.717) is 22.6 Å². The normalized spacial score (nSPS) is 11.8. The number of alkyl halides is 2. The van der Waals surface area contributed by atoms with Gasteiger partial charge in [0.2, 0.25) is 5.91 Å². The summed E-state index contributed by atoms with van der Waals surface area (Å²) in [5, 5.41) is 5.96. The van der Waals surface area contributed by atoms with Crippen LogP contribution in [0.2, 0.25) is 5.02 Å². The molecule has 2 rings (SSSR count). The molecule has 1 atom stereocenters. The molecule has 0 spiro atoms. The van der Waals surface area contributed by atoms with Crippen molar-refractivity contribution in [2.24, 2.45) is 0 Å². The zero-order chi connectivity index (χ0) is 20.5. The zero-order valence-corrected chi connectivity index (χ0v) is 16.0. The highest BCUT2D eigenvalue weighted by Gasteiger charge is 2.18. The first-order chi connectivity index (χ1) is 13.4. The van der Waals surface area contributed by atoms with E-state index in [0.717, 1.165) is 0 Å². The molecule has 0 bridgehead atoms. The molecule has 8 heteroatoms. The van der Waals surface area contributed by atoms with Gasteiger partial charge in [-0.2, -0.15) is 8.78 Å². The Labute approximate surface area is 167 Å². The largest absolute Gasteiger partial charge is 0.434 e. The van der Waals surface area contributed by atoms with Crippen molar-refractivity contribution in [2.75, 3.05) is 6.54 Å². The van der Waals surface area contributed by atoms with Gasteiger partial charge in [-0.1, -0.05) is 36.7 Å². The van der Waals surface area contributed by atoms with Crippen LogP contribution in [-0.2, 0) is 4.79 Å². The van der Waals surface area contributed by atoms with Gasteiger partial charge in [-0.25, -0.2) is 0 Å². The molecular weight excluding hydrogens is 390 g/mol. The molecular formula is C20H21ClF2N2O3. The van der Waals surface area contributed by atoms with Crippen molar-refractivity contribution in [1.29, 1.82) is 0 Å². The van der Waals surface area contributed by atoms with Gasteiger partial charge in [0.05, 0.1) is 6.04 Å². The second-order valence-electron chi connectivity index (χ2n) is 5.96. The molecule has 0 heterocycles. The average molecular weight is 411 g/mol. The van der Waals surface area contributed by atoms with Gasteiger partial charge in [0.1, 0.15) is 5.75 Å². The number of ether oxygens (including phenoxy) is 1. The van der Waals surface area contributed by atoms with Crippen molar-refractivity contribution >= 4 is 23.4 Å². The number of benzene rings is 2. The lowest BCUT2D eigenvalue weighted by Crippen LogP contribution is -2.33. The smallest absolute Gasteiger partial charge is 0.387 e. The van der Waals surface area contributed by atoms with E-state index in [1.165, 1.54) is 6.07 Å². The lowest BCUT2D eigenvalue weighted by Gasteiger charge is -2.20. The first-order valence-corrected chi connectivity index (χ1v) is 9.15. The first-order valence-electron chi connectivity index (χ1n) is 8.77. The molecule has 28 heavy (non-hydrogen) atoms. The van der Waals surface area contributed by atoms with Crippen LogP contribution in [-0.4, -0.2) is 25.0 Å². The molecule has 5 nitrogen and oxygen atoms in total. The number of rotatable bonds is 9. The van der Waals surface area contributed by atoms with E-state index in [4.69, 9.17) is 11.6 Å². The van der Waals surface area contributed by atoms with Gasteiger partial charge < -0.3 is 15.4 Å². The topological polar surface area (TPSA) is 67.4 Å². The quantitative estimate of drug-likeness (QED) is 0.646. The van der Waals surface area contributed by atoms with Crippen molar-refractivity contribution in [2.45, 2.75) is 32.4 Å². The third kappa shape index (κ3) is 6.49. The number of nitrogens with one attached hydrogen (secondary N) is 2. The van der Waals surface area contributed by atoms with E-state index < -0.39 is 12.7 Å². The lowest BCUT2D eigenvalue weighted by atomic mass is 10.0. The number of carbonyl (C=O) groups is 2. The molecule has 2 aromatic carbocycles. The predicted octanol–water partition coefficient (Wildman–Crippen LogP) is 4.33. The van der Waals surface area contributed by atoms with Crippen molar-refractivity contribution in [3.63, 3.8) is 0 Å². The second kappa shape index (κ2) is 10.6. The van der Waals surface area contributed by atoms with Crippen molar-refractivity contribution in [3.05, 3.63) is 64.7 Å². The number of hydrogen-bond acceptors (Lipinski definition) is 3. The van der Waals surface area contributed by atoms with Crippen molar-refractivity contribution in [1.82, 2.24) is 10.6 Å². The minimum atomic E-state index is -2.95. The maximum Gasteiger partial charge on any atom is 0.387 e. The fourth-order valence-corrected chi connectivity index (χ4v) is 2.76. The summed E-state index contributed by atoms with van der Waals surface area (Å²) in [6.07, 6.45) is 0.542. The molecule has 1 unspecified atom stereocenters. The van der Waals surface area contributed by atoms with Crippen LogP contribution in [0.4, 0.5) is 8.78 Å². The molecule has 0 aromatic heterocycles. The number of amides is 2. The Morgan fingerprint density at radius 3 is 2.43 bits per heavy atom. The van der Waals surface area contributed by atoms with Gasteiger partial charge in [-0.3, -0.25) is 9.59 Å². The molecule has 0 aliphatic carbocycles. The number of para-hydroxylation sites is 1. The molecule has 150 valence electrons. The van der Waals surface area contributed by atoms with Gasteiger partial charge in [-0.05, 0) is 36.8 Å². The van der Waals surface area contributed by atoms with E-state index >= 15 is 0 Å². The summed E-state index contributed by atoms with van der Waals surface area (Å²) in [6, 6.07) is 12.3. The van der Waals surface area contributed by atoms with Gasteiger partial charge >= 0.3 is 6.61 Å². The number of carbonyl (C=O) groups excluding carboxylic acids is 2. The molecule has 2 aromatic rings. The van der Waals surface area contributed by atoms with E-state index in [2.05, 4.69) is 15.4 Å². The molecule has 0 saturated carbocycles. The Kier molecular flexibility index (Phi) is 8.19. The molecule has 0 fully saturated rings. The molecule has 0 aliphatic rings. The third-order valence-corrected chi connectivity index (χ3v) is 4.25. The van der Waals surface area contributed by atoms with Crippen molar-refractivity contribution < 1.29 is 23.1 Å². The Morgan fingerprint density at radius 1 is 1.11 bits per heavy atom. The van der Waals surface area contributed by atoms with Crippen LogP contribution in [0.5, 0.6) is 5.75 Å². The predicted molar refractivity (Wildman–Crippen MR) is 103 cm³/mol. The number of halogens is 3. The van der Waals surface area contributed by atoms with Crippen LogP contribution in [0.15, 0.2) is 48.5 Å².